The highest BCUT2D eigenvalue weighted by molar-refractivity contribution is 7.89. The van der Waals surface area contributed by atoms with Crippen LogP contribution >= 0.6 is 0 Å². The Bertz CT molecular complexity index is 2120. The molecule has 3 atom stereocenters. The summed E-state index contributed by atoms with van der Waals surface area (Å²) in [5.74, 6) is 0.478. The van der Waals surface area contributed by atoms with E-state index in [9.17, 15) is 18.0 Å². The summed E-state index contributed by atoms with van der Waals surface area (Å²) in [7, 11) is -4.18. The van der Waals surface area contributed by atoms with Crippen molar-refractivity contribution in [3.63, 3.8) is 0 Å². The van der Waals surface area contributed by atoms with Gasteiger partial charge in [-0.05, 0) is 49.2 Å². The lowest BCUT2D eigenvalue weighted by Crippen LogP contribution is -2.39. The fraction of sp³-hybridized carbons (Fsp3) is 0.200. The summed E-state index contributed by atoms with van der Waals surface area (Å²) >= 11 is 0. The van der Waals surface area contributed by atoms with Crippen molar-refractivity contribution >= 4 is 10.0 Å². The maximum Gasteiger partial charge on any atom is 0.352 e. The molecule has 0 bridgehead atoms. The van der Waals surface area contributed by atoms with Crippen LogP contribution in [0.5, 0.6) is 0 Å². The van der Waals surface area contributed by atoms with Crippen molar-refractivity contribution in [1.82, 2.24) is 18.2 Å². The topological polar surface area (TPSA) is 95.5 Å². The number of hydrogen-bond acceptors (Lipinski definition) is 5. The van der Waals surface area contributed by atoms with E-state index >= 15 is 0 Å². The Morgan fingerprint density at radius 2 is 1.31 bits per heavy atom. The Morgan fingerprint density at radius 3 is 1.91 bits per heavy atom. The van der Waals surface area contributed by atoms with Gasteiger partial charge in [0, 0.05) is 5.57 Å². The molecule has 4 aromatic carbocycles. The normalized spacial score (nSPS) is 19.7. The highest BCUT2D eigenvalue weighted by atomic mass is 32.2. The van der Waals surface area contributed by atoms with Crippen LogP contribution in [0, 0.1) is 6.92 Å². The molecule has 0 N–H and O–H groups in total. The molecule has 9 nitrogen and oxygen atoms in total. The van der Waals surface area contributed by atoms with Crippen molar-refractivity contribution < 1.29 is 13.2 Å². The van der Waals surface area contributed by atoms with Crippen LogP contribution in [0.3, 0.4) is 0 Å². The zero-order chi connectivity index (χ0) is 31.3. The molecule has 10 heteroatoms. The van der Waals surface area contributed by atoms with Crippen molar-refractivity contribution in [2.24, 2.45) is 0 Å². The monoisotopic (exact) mass is 620 g/mol. The number of para-hydroxylation sites is 1. The molecular formula is C35H32N4O5S. The SMILES string of the molecule is CCOC1=C2C(c3ccccc3)N(S(=O)(=O)c3ccc(C)cc3)C(c3ccccc3)C2n2c(=O)n(-c3ccccc3)c(=O)n2C1. The number of fused-ring (bicyclic) bond motifs is 3. The number of allylic oxidation sites excluding steroid dienone is 1. The van der Waals surface area contributed by atoms with Gasteiger partial charge in [0.15, 0.2) is 0 Å². The third-order valence-electron chi connectivity index (χ3n) is 8.56. The van der Waals surface area contributed by atoms with E-state index in [1.54, 1.807) is 48.5 Å². The van der Waals surface area contributed by atoms with Crippen LogP contribution in [0.4, 0.5) is 0 Å². The lowest BCUT2D eigenvalue weighted by atomic mass is 9.91. The fourth-order valence-corrected chi connectivity index (χ4v) is 8.42. The van der Waals surface area contributed by atoms with Crippen molar-refractivity contribution in [3.05, 3.63) is 164 Å². The van der Waals surface area contributed by atoms with Gasteiger partial charge < -0.3 is 4.74 Å². The van der Waals surface area contributed by atoms with Crippen molar-refractivity contribution in [2.45, 2.75) is 43.4 Å². The number of hydrogen-bond donors (Lipinski definition) is 0. The van der Waals surface area contributed by atoms with Crippen LogP contribution < -0.4 is 11.4 Å². The van der Waals surface area contributed by atoms with Crippen LogP contribution in [0.25, 0.3) is 5.69 Å². The van der Waals surface area contributed by atoms with E-state index in [1.165, 1.54) is 13.7 Å². The number of sulfonamides is 1. The molecule has 0 amide bonds. The molecule has 1 saturated heterocycles. The minimum atomic E-state index is -4.18. The zero-order valence-electron chi connectivity index (χ0n) is 24.9. The van der Waals surface area contributed by atoms with Crippen molar-refractivity contribution in [2.75, 3.05) is 6.61 Å². The summed E-state index contributed by atoms with van der Waals surface area (Å²) in [6.45, 7) is 4.04. The van der Waals surface area contributed by atoms with Crippen molar-refractivity contribution in [3.8, 4) is 5.69 Å². The first-order valence-electron chi connectivity index (χ1n) is 14.9. The average Bonchev–Trinajstić information content (AvgIpc) is 3.55. The number of rotatable bonds is 7. The van der Waals surface area contributed by atoms with Gasteiger partial charge in [-0.1, -0.05) is 96.6 Å². The molecule has 5 aromatic rings. The molecule has 2 aliphatic rings. The van der Waals surface area contributed by atoms with E-state index in [-0.39, 0.29) is 11.4 Å². The van der Waals surface area contributed by atoms with Gasteiger partial charge in [-0.3, -0.25) is 0 Å². The summed E-state index contributed by atoms with van der Waals surface area (Å²) in [6.07, 6.45) is 0. The smallest absolute Gasteiger partial charge is 0.352 e. The molecule has 1 aromatic heterocycles. The van der Waals surface area contributed by atoms with Gasteiger partial charge in [0.25, 0.3) is 0 Å². The largest absolute Gasteiger partial charge is 0.496 e. The standard InChI is InChI=1S/C35H32N4O5S/c1-3-44-29-23-36-34(40)37(27-17-11-6-12-18-27)35(41)38(36)33-30(29)31(25-13-7-4-8-14-25)39(32(33)26-15-9-5-10-16-26)45(42,43)28-21-19-24(2)20-22-28/h4-22,31-33H,3,23H2,1-2H3. The predicted octanol–water partition coefficient (Wildman–Crippen LogP) is 5.14. The molecule has 45 heavy (non-hydrogen) atoms. The maximum atomic E-state index is 14.9. The molecule has 0 aliphatic carbocycles. The van der Waals surface area contributed by atoms with Gasteiger partial charge in [-0.15, -0.1) is 0 Å². The molecule has 2 aliphatic heterocycles. The third kappa shape index (κ3) is 4.60. The average molecular weight is 621 g/mol. The predicted molar refractivity (Wildman–Crippen MR) is 171 cm³/mol. The fourth-order valence-electron chi connectivity index (χ4n) is 6.65. The minimum absolute atomic E-state index is 0.0170. The molecule has 3 unspecified atom stereocenters. The van der Waals surface area contributed by atoms with Crippen LogP contribution in [0.2, 0.25) is 0 Å². The first-order valence-corrected chi connectivity index (χ1v) is 16.3. The van der Waals surface area contributed by atoms with Crippen LogP contribution in [-0.4, -0.2) is 33.3 Å². The maximum absolute atomic E-state index is 14.9. The molecule has 7 rings (SSSR count). The second-order valence-corrected chi connectivity index (χ2v) is 13.1. The number of nitrogens with zero attached hydrogens (tertiary/aromatic N) is 4. The van der Waals surface area contributed by atoms with Gasteiger partial charge >= 0.3 is 11.4 Å². The molecule has 1 fully saturated rings. The zero-order valence-corrected chi connectivity index (χ0v) is 25.7. The summed E-state index contributed by atoms with van der Waals surface area (Å²) in [5.41, 5.74) is 2.35. The highest BCUT2D eigenvalue weighted by Gasteiger charge is 2.57. The van der Waals surface area contributed by atoms with Gasteiger partial charge in [-0.2, -0.15) is 4.31 Å². The van der Waals surface area contributed by atoms with E-state index in [0.717, 1.165) is 15.7 Å². The molecule has 0 saturated carbocycles. The van der Waals surface area contributed by atoms with Crippen LogP contribution in [0.1, 0.15) is 41.7 Å². The Kier molecular flexibility index (Phi) is 7.18. The second kappa shape index (κ2) is 11.2. The summed E-state index contributed by atoms with van der Waals surface area (Å²) in [4.78, 5) is 28.5. The number of ether oxygens (including phenoxy) is 1. The summed E-state index contributed by atoms with van der Waals surface area (Å²) in [6, 6.07) is 31.7. The Hall–Kier alpha value is -4.93. The quantitative estimate of drug-likeness (QED) is 0.251. The Labute approximate surface area is 260 Å². The summed E-state index contributed by atoms with van der Waals surface area (Å²) in [5, 5.41) is 0. The molecule has 0 spiro atoms. The first-order chi connectivity index (χ1) is 21.8. The van der Waals surface area contributed by atoms with E-state index in [1.807, 2.05) is 80.6 Å². The van der Waals surface area contributed by atoms with Gasteiger partial charge in [0.1, 0.15) is 18.3 Å². The number of aromatic nitrogens is 3. The first kappa shape index (κ1) is 28.8. The third-order valence-corrected chi connectivity index (χ3v) is 10.4. The number of benzene rings is 4. The summed E-state index contributed by atoms with van der Waals surface area (Å²) < 4.78 is 41.6. The highest BCUT2D eigenvalue weighted by Crippen LogP contribution is 2.57. The van der Waals surface area contributed by atoms with Crippen LogP contribution in [0.15, 0.2) is 141 Å². The van der Waals surface area contributed by atoms with Gasteiger partial charge in [-0.25, -0.2) is 31.9 Å². The van der Waals surface area contributed by atoms with Gasteiger partial charge in [0.2, 0.25) is 10.0 Å². The molecule has 228 valence electrons. The van der Waals surface area contributed by atoms with Crippen LogP contribution in [-0.2, 0) is 21.3 Å². The molecule has 0 radical (unpaired) electrons. The second-order valence-electron chi connectivity index (χ2n) is 11.2. The van der Waals surface area contributed by atoms with E-state index in [4.69, 9.17) is 4.74 Å². The van der Waals surface area contributed by atoms with E-state index in [0.29, 0.717) is 29.2 Å². The number of aryl methyl sites for hydroxylation is 1. The van der Waals surface area contributed by atoms with Gasteiger partial charge in [0.05, 0.1) is 29.3 Å². The molecular weight excluding hydrogens is 588 g/mol. The van der Waals surface area contributed by atoms with E-state index < -0.39 is 39.5 Å². The Morgan fingerprint density at radius 1 is 0.733 bits per heavy atom. The van der Waals surface area contributed by atoms with E-state index in [2.05, 4.69) is 0 Å². The Balaban J connectivity index is 1.58. The van der Waals surface area contributed by atoms with Crippen molar-refractivity contribution in [1.29, 1.82) is 0 Å². The lowest BCUT2D eigenvalue weighted by molar-refractivity contribution is 0.179. The lowest BCUT2D eigenvalue weighted by Gasteiger charge is -2.31. The molecule has 3 heterocycles. The minimum Gasteiger partial charge on any atom is -0.496 e.